The number of rotatable bonds is 4. The first-order valence-corrected chi connectivity index (χ1v) is 8.35. The van der Waals surface area contributed by atoms with Crippen molar-refractivity contribution in [2.24, 2.45) is 5.73 Å². The molecule has 1 nitrogen and oxygen atoms in total. The van der Waals surface area contributed by atoms with Crippen LogP contribution in [-0.4, -0.2) is 24.6 Å². The SMILES string of the molecule is C[CH]=[Cu](=[CH]C)(=[CH]C)(=[CH]C)[CH](N)CCCC. The van der Waals surface area contributed by atoms with E-state index in [-0.39, 0.29) is 4.94 Å². The Labute approximate surface area is 94.4 Å². The van der Waals surface area contributed by atoms with Crippen LogP contribution in [0, 0.1) is 0 Å². The predicted molar refractivity (Wildman–Crippen MR) is 74.5 cm³/mol. The minimum absolute atomic E-state index is 0.252. The van der Waals surface area contributed by atoms with Gasteiger partial charge in [-0.15, -0.1) is 0 Å². The molecule has 0 amide bonds. The van der Waals surface area contributed by atoms with Crippen LogP contribution in [0.2, 0.25) is 0 Å². The van der Waals surface area contributed by atoms with Gasteiger partial charge in [-0.05, 0) is 0 Å². The molecule has 0 spiro atoms. The van der Waals surface area contributed by atoms with Crippen LogP contribution < -0.4 is 5.73 Å². The Morgan fingerprint density at radius 3 is 1.67 bits per heavy atom. The molecule has 1 atom stereocenters. The van der Waals surface area contributed by atoms with Crippen LogP contribution in [0.3, 0.4) is 0 Å². The zero-order valence-electron chi connectivity index (χ0n) is 10.9. The van der Waals surface area contributed by atoms with Crippen molar-refractivity contribution >= 4 is 19.7 Å². The second-order valence-electron chi connectivity index (χ2n) is 3.30. The molecule has 0 rings (SSSR count). The van der Waals surface area contributed by atoms with E-state index in [0.717, 1.165) is 6.42 Å². The molecule has 0 heterocycles. The van der Waals surface area contributed by atoms with Crippen molar-refractivity contribution in [2.75, 3.05) is 0 Å². The van der Waals surface area contributed by atoms with Crippen molar-refractivity contribution in [3.8, 4) is 0 Å². The van der Waals surface area contributed by atoms with E-state index in [1.807, 2.05) is 0 Å². The maximum absolute atomic E-state index is 6.44. The Hall–Kier alpha value is -0.0405. The van der Waals surface area contributed by atoms with Crippen molar-refractivity contribution < 1.29 is 10.0 Å². The Morgan fingerprint density at radius 2 is 1.40 bits per heavy atom. The molecule has 0 aromatic rings. The normalized spacial score (nSPS) is 16.0. The van der Waals surface area contributed by atoms with E-state index in [4.69, 9.17) is 5.73 Å². The summed E-state index contributed by atoms with van der Waals surface area (Å²) in [5.41, 5.74) is 6.44. The Kier molecular flexibility index (Phi) is 5.87. The van der Waals surface area contributed by atoms with Gasteiger partial charge in [-0.1, -0.05) is 0 Å². The van der Waals surface area contributed by atoms with Gasteiger partial charge in [0.1, 0.15) is 0 Å². The summed E-state index contributed by atoms with van der Waals surface area (Å²) in [5, 5.41) is 0. The quantitative estimate of drug-likeness (QED) is 0.773. The fourth-order valence-electron chi connectivity index (χ4n) is 1.70. The summed E-state index contributed by atoms with van der Waals surface area (Å²) in [6.45, 7) is 10.8. The minimum atomic E-state index is -1.76. The summed E-state index contributed by atoms with van der Waals surface area (Å²) in [7, 11) is -1.76. The molecule has 2 heteroatoms. The molecular formula is C13H28CuN. The van der Waals surface area contributed by atoms with E-state index in [1.54, 1.807) is 0 Å². The second-order valence-corrected chi connectivity index (χ2v) is 9.31. The Bertz CT molecular complexity index is 409. The van der Waals surface area contributed by atoms with Gasteiger partial charge in [0.2, 0.25) is 0 Å². The molecule has 0 aliphatic heterocycles. The zero-order chi connectivity index (χ0) is 12.0. The van der Waals surface area contributed by atoms with Crippen LogP contribution >= 0.6 is 0 Å². The van der Waals surface area contributed by atoms with Gasteiger partial charge in [-0.25, -0.2) is 0 Å². The molecule has 0 aromatic carbocycles. The summed E-state index contributed by atoms with van der Waals surface area (Å²) in [6, 6.07) is 0. The van der Waals surface area contributed by atoms with Gasteiger partial charge < -0.3 is 0 Å². The average Bonchev–Trinajstić information content (AvgIpc) is 2.31. The molecule has 0 aromatic heterocycles. The third-order valence-corrected chi connectivity index (χ3v) is 9.84. The molecule has 2 N–H and O–H groups in total. The van der Waals surface area contributed by atoms with Crippen molar-refractivity contribution in [1.29, 1.82) is 0 Å². The summed E-state index contributed by atoms with van der Waals surface area (Å²) < 4.78 is 0. The van der Waals surface area contributed by atoms with Gasteiger partial charge in [-0.2, -0.15) is 0 Å². The molecule has 0 radical (unpaired) electrons. The number of unbranched alkanes of at least 4 members (excludes halogenated alkanes) is 1. The van der Waals surface area contributed by atoms with Gasteiger partial charge in [0.15, 0.2) is 0 Å². The summed E-state index contributed by atoms with van der Waals surface area (Å²) in [6.07, 6.45) is 3.55. The summed E-state index contributed by atoms with van der Waals surface area (Å²) in [4.78, 5) is 9.56. The summed E-state index contributed by atoms with van der Waals surface area (Å²) in [5.74, 6) is 0. The monoisotopic (exact) mass is 261 g/mol. The fraction of sp³-hybridized carbons (Fsp3) is 0.692. The molecule has 0 saturated carbocycles. The molecule has 0 aliphatic carbocycles. The van der Waals surface area contributed by atoms with E-state index in [9.17, 15) is 0 Å². The van der Waals surface area contributed by atoms with Gasteiger partial charge in [-0.3, -0.25) is 0 Å². The van der Waals surface area contributed by atoms with Gasteiger partial charge in [0.05, 0.1) is 0 Å². The van der Waals surface area contributed by atoms with Crippen LogP contribution in [0.15, 0.2) is 0 Å². The number of hydrogen-bond donors (Lipinski definition) is 1. The maximum atomic E-state index is 6.44. The molecule has 15 heavy (non-hydrogen) atoms. The second kappa shape index (κ2) is 5.88. The van der Waals surface area contributed by atoms with Crippen LogP contribution in [0.4, 0.5) is 0 Å². The molecule has 0 bridgehead atoms. The van der Waals surface area contributed by atoms with Crippen molar-refractivity contribution in [3.63, 3.8) is 0 Å². The summed E-state index contributed by atoms with van der Waals surface area (Å²) >= 11 is 0. The molecular weight excluding hydrogens is 234 g/mol. The van der Waals surface area contributed by atoms with Crippen LogP contribution in [0.25, 0.3) is 0 Å². The molecule has 0 saturated heterocycles. The molecule has 0 fully saturated rings. The van der Waals surface area contributed by atoms with Crippen molar-refractivity contribution in [1.82, 2.24) is 0 Å². The van der Waals surface area contributed by atoms with Gasteiger partial charge >= 0.3 is 94.3 Å². The van der Waals surface area contributed by atoms with Crippen molar-refractivity contribution in [2.45, 2.75) is 58.8 Å². The van der Waals surface area contributed by atoms with Crippen LogP contribution in [0.1, 0.15) is 53.9 Å². The first kappa shape index (κ1) is 15.0. The van der Waals surface area contributed by atoms with E-state index in [2.05, 4.69) is 54.3 Å². The van der Waals surface area contributed by atoms with E-state index >= 15 is 0 Å². The molecule has 1 unspecified atom stereocenters. The Morgan fingerprint density at radius 1 is 1.00 bits per heavy atom. The number of nitrogens with two attached hydrogens (primary N) is 1. The van der Waals surface area contributed by atoms with Crippen LogP contribution in [0.5, 0.6) is 0 Å². The number of hydrogen-bond acceptors (Lipinski definition) is 1. The first-order valence-electron chi connectivity index (χ1n) is 5.63. The fourth-order valence-corrected chi connectivity index (χ4v) is 6.02. The zero-order valence-corrected chi connectivity index (χ0v) is 11.8. The topological polar surface area (TPSA) is 26.0 Å². The molecule has 0 aliphatic rings. The standard InChI is InChI=1S/C5H12N.4C2H4.Cu/c1-2-3-4-5-6;4*1-2;/h5H,2-4,6H2,1H3;4*1H,2H3;. The van der Waals surface area contributed by atoms with Crippen LogP contribution in [-0.2, 0) is 10.0 Å². The van der Waals surface area contributed by atoms with E-state index in [1.165, 1.54) is 12.8 Å². The third-order valence-electron chi connectivity index (χ3n) is 2.94. The average molecular weight is 262 g/mol. The predicted octanol–water partition coefficient (Wildman–Crippen LogP) is 2.44. The third kappa shape index (κ3) is 2.55. The van der Waals surface area contributed by atoms with E-state index < -0.39 is 10.0 Å². The van der Waals surface area contributed by atoms with E-state index in [0.29, 0.717) is 0 Å². The molecule has 96 valence electrons. The first-order chi connectivity index (χ1) is 7.04. The van der Waals surface area contributed by atoms with Gasteiger partial charge in [0, 0.05) is 0 Å². The van der Waals surface area contributed by atoms with Gasteiger partial charge in [0.25, 0.3) is 0 Å². The Balaban J connectivity index is 5.83. The van der Waals surface area contributed by atoms with Crippen molar-refractivity contribution in [3.05, 3.63) is 0 Å².